The predicted molar refractivity (Wildman–Crippen MR) is 154 cm³/mol. The minimum atomic E-state index is -0.402. The highest BCUT2D eigenvalue weighted by Gasteiger charge is 2.06. The molecule has 0 aliphatic rings. The van der Waals surface area contributed by atoms with Crippen LogP contribution in [0, 0.1) is 0 Å². The highest BCUT2D eigenvalue weighted by molar-refractivity contribution is 5.94. The Bertz CT molecular complexity index is 772. The van der Waals surface area contributed by atoms with E-state index in [1.807, 2.05) is 6.07 Å². The normalized spacial score (nSPS) is 10.9. The van der Waals surface area contributed by atoms with Gasteiger partial charge in [-0.2, -0.15) is 0 Å². The van der Waals surface area contributed by atoms with Gasteiger partial charge in [0, 0.05) is 24.2 Å². The first-order chi connectivity index (χ1) is 18.5. The molecule has 0 bridgehead atoms. The lowest BCUT2D eigenvalue weighted by Crippen LogP contribution is -2.17. The van der Waals surface area contributed by atoms with Gasteiger partial charge in [0.1, 0.15) is 0 Å². The number of hydrogen-bond donors (Lipinski definition) is 3. The summed E-state index contributed by atoms with van der Waals surface area (Å²) in [6.45, 7) is 3.48. The molecule has 0 saturated heterocycles. The fraction of sp³-hybridized carbons (Fsp3) is 0.700. The van der Waals surface area contributed by atoms with Gasteiger partial charge in [-0.1, -0.05) is 90.0 Å². The molecule has 0 aliphatic heterocycles. The van der Waals surface area contributed by atoms with E-state index in [0.29, 0.717) is 31.0 Å². The van der Waals surface area contributed by atoms with Crippen molar-refractivity contribution >= 4 is 29.1 Å². The smallest absolute Gasteiger partial charge is 0.226 e. The summed E-state index contributed by atoms with van der Waals surface area (Å²) in [6.07, 6.45) is 17.6. The lowest BCUT2D eigenvalue weighted by Gasteiger charge is -2.09. The van der Waals surface area contributed by atoms with Crippen molar-refractivity contribution in [2.75, 3.05) is 37.1 Å². The summed E-state index contributed by atoms with van der Waals surface area (Å²) in [6, 6.07) is 7.16. The van der Waals surface area contributed by atoms with Crippen LogP contribution in [0.25, 0.3) is 0 Å². The van der Waals surface area contributed by atoms with Crippen molar-refractivity contribution in [1.82, 2.24) is 0 Å². The second kappa shape index (κ2) is 23.7. The fourth-order valence-electron chi connectivity index (χ4n) is 4.08. The van der Waals surface area contributed by atoms with Crippen molar-refractivity contribution in [3.63, 3.8) is 0 Å². The van der Waals surface area contributed by atoms with E-state index < -0.39 is 5.91 Å². The Hall–Kier alpha value is -2.45. The third kappa shape index (κ3) is 20.6. The van der Waals surface area contributed by atoms with Crippen LogP contribution in [0.2, 0.25) is 0 Å². The van der Waals surface area contributed by atoms with Crippen molar-refractivity contribution < 1.29 is 23.9 Å². The molecule has 1 aromatic rings. The summed E-state index contributed by atoms with van der Waals surface area (Å²) in [7, 11) is 0. The predicted octanol–water partition coefficient (Wildman–Crippen LogP) is 6.34. The number of amides is 3. The van der Waals surface area contributed by atoms with Crippen LogP contribution >= 0.6 is 0 Å². The van der Waals surface area contributed by atoms with Gasteiger partial charge in [-0.15, -0.1) is 0 Å². The van der Waals surface area contributed by atoms with Gasteiger partial charge in [0.25, 0.3) is 0 Å². The second-order valence-corrected chi connectivity index (χ2v) is 9.86. The van der Waals surface area contributed by atoms with Gasteiger partial charge in [0.05, 0.1) is 32.8 Å². The Morgan fingerprint density at radius 1 is 0.632 bits per heavy atom. The molecule has 1 aromatic carbocycles. The van der Waals surface area contributed by atoms with Gasteiger partial charge in [0.2, 0.25) is 17.7 Å². The van der Waals surface area contributed by atoms with Crippen molar-refractivity contribution in [3.05, 3.63) is 24.3 Å². The minimum Gasteiger partial charge on any atom is -0.379 e. The number of benzene rings is 1. The molecule has 0 unspecified atom stereocenters. The Kier molecular flexibility index (Phi) is 20.9. The third-order valence-electron chi connectivity index (χ3n) is 6.28. The third-order valence-corrected chi connectivity index (χ3v) is 6.28. The van der Waals surface area contributed by atoms with Gasteiger partial charge in [-0.25, -0.2) is 0 Å². The fourth-order valence-corrected chi connectivity index (χ4v) is 4.08. The zero-order valence-electron chi connectivity index (χ0n) is 23.6. The second-order valence-electron chi connectivity index (χ2n) is 9.86. The van der Waals surface area contributed by atoms with Crippen molar-refractivity contribution in [3.8, 4) is 0 Å². The number of hydrogen-bond acceptors (Lipinski definition) is 5. The number of carbonyl (C=O) groups is 3. The Labute approximate surface area is 229 Å². The standard InChI is InChI=1S/C30H51N3O5/c1-2-3-4-5-6-7-8-9-10-11-12-13-14-18-29(35)32-26-16-15-17-27(25-26)33-30(36)20-22-38-24-23-37-21-19-28(31)34/h15-17,25H,2-14,18-24H2,1H3,(H2,31,34)(H,32,35)(H,33,36). The zero-order valence-corrected chi connectivity index (χ0v) is 23.6. The SMILES string of the molecule is CCCCCCCCCCCCCCCC(=O)Nc1cccc(NC(=O)CCOCCOCCC(N)=O)c1. The van der Waals surface area contributed by atoms with E-state index in [0.717, 1.165) is 12.8 Å². The van der Waals surface area contributed by atoms with Gasteiger partial charge in [-0.3, -0.25) is 14.4 Å². The van der Waals surface area contributed by atoms with Gasteiger partial charge in [0.15, 0.2) is 0 Å². The number of carbonyl (C=O) groups excluding carboxylic acids is 3. The molecule has 8 heteroatoms. The van der Waals surface area contributed by atoms with Crippen LogP contribution in [0.5, 0.6) is 0 Å². The number of nitrogens with one attached hydrogen (secondary N) is 2. The first-order valence-corrected chi connectivity index (χ1v) is 14.6. The van der Waals surface area contributed by atoms with Crippen LogP contribution in [0.1, 0.15) is 110 Å². The first-order valence-electron chi connectivity index (χ1n) is 14.6. The lowest BCUT2D eigenvalue weighted by atomic mass is 10.0. The number of unbranched alkanes of at least 4 members (excludes halogenated alkanes) is 12. The Balaban J connectivity index is 2.06. The minimum absolute atomic E-state index is 0.00278. The van der Waals surface area contributed by atoms with Gasteiger partial charge < -0.3 is 25.8 Å². The largest absolute Gasteiger partial charge is 0.379 e. The number of anilines is 2. The van der Waals surface area contributed by atoms with Crippen LogP contribution in [0.4, 0.5) is 11.4 Å². The summed E-state index contributed by atoms with van der Waals surface area (Å²) in [5, 5.41) is 5.75. The molecule has 8 nitrogen and oxygen atoms in total. The molecule has 38 heavy (non-hydrogen) atoms. The quantitative estimate of drug-likeness (QED) is 0.127. The van der Waals surface area contributed by atoms with E-state index in [1.54, 1.807) is 18.2 Å². The molecule has 0 aromatic heterocycles. The topological polar surface area (TPSA) is 120 Å². The molecule has 0 heterocycles. The number of nitrogens with two attached hydrogens (primary N) is 1. The average Bonchev–Trinajstić information content (AvgIpc) is 2.88. The van der Waals surface area contributed by atoms with E-state index in [2.05, 4.69) is 17.6 Å². The number of primary amides is 1. The summed E-state index contributed by atoms with van der Waals surface area (Å²) in [4.78, 5) is 35.1. The average molecular weight is 534 g/mol. The maximum atomic E-state index is 12.3. The van der Waals surface area contributed by atoms with E-state index >= 15 is 0 Å². The molecule has 0 atom stereocenters. The summed E-state index contributed by atoms with van der Waals surface area (Å²) < 4.78 is 10.6. The maximum Gasteiger partial charge on any atom is 0.226 e. The molecule has 0 fully saturated rings. The highest BCUT2D eigenvalue weighted by Crippen LogP contribution is 2.17. The van der Waals surface area contributed by atoms with Crippen LogP contribution in [-0.4, -0.2) is 44.1 Å². The molecule has 0 radical (unpaired) electrons. The van der Waals surface area contributed by atoms with E-state index in [-0.39, 0.29) is 37.9 Å². The van der Waals surface area contributed by atoms with E-state index in [9.17, 15) is 14.4 Å². The molecule has 0 aliphatic carbocycles. The number of rotatable bonds is 25. The lowest BCUT2D eigenvalue weighted by molar-refractivity contribution is -0.120. The molecular formula is C30H51N3O5. The first kappa shape index (κ1) is 33.6. The molecule has 0 spiro atoms. The summed E-state index contributed by atoms with van der Waals surface area (Å²) in [5.41, 5.74) is 6.33. The summed E-state index contributed by atoms with van der Waals surface area (Å²) >= 11 is 0. The van der Waals surface area contributed by atoms with Crippen molar-refractivity contribution in [2.24, 2.45) is 5.73 Å². The van der Waals surface area contributed by atoms with Crippen molar-refractivity contribution in [2.45, 2.75) is 110 Å². The Morgan fingerprint density at radius 2 is 1.08 bits per heavy atom. The molecule has 4 N–H and O–H groups in total. The number of ether oxygens (including phenoxy) is 2. The van der Waals surface area contributed by atoms with Crippen LogP contribution in [0.15, 0.2) is 24.3 Å². The highest BCUT2D eigenvalue weighted by atomic mass is 16.5. The van der Waals surface area contributed by atoms with Gasteiger partial charge >= 0.3 is 0 Å². The van der Waals surface area contributed by atoms with Crippen LogP contribution in [0.3, 0.4) is 0 Å². The van der Waals surface area contributed by atoms with Crippen LogP contribution < -0.4 is 16.4 Å². The maximum absolute atomic E-state index is 12.3. The Morgan fingerprint density at radius 3 is 1.58 bits per heavy atom. The zero-order chi connectivity index (χ0) is 27.7. The molecule has 216 valence electrons. The molecule has 1 rings (SSSR count). The van der Waals surface area contributed by atoms with Crippen molar-refractivity contribution in [1.29, 1.82) is 0 Å². The monoisotopic (exact) mass is 533 g/mol. The molecular weight excluding hydrogens is 482 g/mol. The summed E-state index contributed by atoms with van der Waals surface area (Å²) in [5.74, 6) is -0.570. The van der Waals surface area contributed by atoms with Gasteiger partial charge in [-0.05, 0) is 24.6 Å². The van der Waals surface area contributed by atoms with E-state index in [1.165, 1.54) is 70.6 Å². The van der Waals surface area contributed by atoms with Crippen LogP contribution in [-0.2, 0) is 23.9 Å². The molecule has 3 amide bonds. The molecule has 0 saturated carbocycles. The van der Waals surface area contributed by atoms with E-state index in [4.69, 9.17) is 15.2 Å².